The number of carbonyl (C=O) groups is 1. The predicted molar refractivity (Wildman–Crippen MR) is 128 cm³/mol. The SMILES string of the molecule is O=C(NC(=S)Nc1ccc([N+](=O)[O-])cc1Br)c1ccc(OCCOc2ccccc2)cc1. The zero-order chi connectivity index (χ0) is 22.9. The molecule has 2 N–H and O–H groups in total. The number of nitro benzene ring substituents is 1. The van der Waals surface area contributed by atoms with Gasteiger partial charge in [0.2, 0.25) is 0 Å². The summed E-state index contributed by atoms with van der Waals surface area (Å²) >= 11 is 8.40. The molecule has 0 heterocycles. The van der Waals surface area contributed by atoms with Gasteiger partial charge in [-0.3, -0.25) is 20.2 Å². The molecule has 0 radical (unpaired) electrons. The number of nitrogens with zero attached hydrogens (tertiary/aromatic N) is 1. The van der Waals surface area contributed by atoms with E-state index in [0.29, 0.717) is 34.7 Å². The van der Waals surface area contributed by atoms with E-state index in [1.165, 1.54) is 18.2 Å². The third-order valence-electron chi connectivity index (χ3n) is 4.12. The Morgan fingerprint density at radius 1 is 0.969 bits per heavy atom. The fraction of sp³-hybridized carbons (Fsp3) is 0.0909. The Bertz CT molecular complexity index is 1110. The Morgan fingerprint density at radius 3 is 2.19 bits per heavy atom. The van der Waals surface area contributed by atoms with Crippen molar-refractivity contribution in [3.05, 3.63) is 92.9 Å². The van der Waals surface area contributed by atoms with Crippen molar-refractivity contribution in [3.63, 3.8) is 0 Å². The van der Waals surface area contributed by atoms with E-state index in [1.54, 1.807) is 24.3 Å². The maximum Gasteiger partial charge on any atom is 0.270 e. The molecule has 0 aliphatic heterocycles. The number of ether oxygens (including phenoxy) is 2. The van der Waals surface area contributed by atoms with Gasteiger partial charge in [0.25, 0.3) is 11.6 Å². The van der Waals surface area contributed by atoms with Crippen LogP contribution in [0.15, 0.2) is 77.3 Å². The minimum atomic E-state index is -0.502. The predicted octanol–water partition coefficient (Wildman–Crippen LogP) is 4.94. The number of anilines is 1. The lowest BCUT2D eigenvalue weighted by Crippen LogP contribution is -2.34. The van der Waals surface area contributed by atoms with Crippen molar-refractivity contribution < 1.29 is 19.2 Å². The highest BCUT2D eigenvalue weighted by Gasteiger charge is 2.12. The van der Waals surface area contributed by atoms with Gasteiger partial charge < -0.3 is 14.8 Å². The first-order valence-corrected chi connectivity index (χ1v) is 10.6. The normalized spacial score (nSPS) is 10.2. The maximum atomic E-state index is 12.4. The molecule has 0 aliphatic rings. The van der Waals surface area contributed by atoms with Gasteiger partial charge >= 0.3 is 0 Å². The smallest absolute Gasteiger partial charge is 0.270 e. The lowest BCUT2D eigenvalue weighted by atomic mass is 10.2. The van der Waals surface area contributed by atoms with Crippen molar-refractivity contribution in [1.29, 1.82) is 0 Å². The number of hydrogen-bond acceptors (Lipinski definition) is 6. The van der Waals surface area contributed by atoms with Gasteiger partial charge in [-0.15, -0.1) is 0 Å². The molecule has 0 saturated carbocycles. The van der Waals surface area contributed by atoms with Gasteiger partial charge in [-0.05, 0) is 70.6 Å². The molecule has 0 aromatic heterocycles. The van der Waals surface area contributed by atoms with E-state index in [2.05, 4.69) is 26.6 Å². The number of benzene rings is 3. The van der Waals surface area contributed by atoms with Crippen LogP contribution in [0, 0.1) is 10.1 Å². The van der Waals surface area contributed by atoms with Crippen LogP contribution in [-0.2, 0) is 0 Å². The van der Waals surface area contributed by atoms with E-state index in [0.717, 1.165) is 5.75 Å². The summed E-state index contributed by atoms with van der Waals surface area (Å²) in [5.41, 5.74) is 0.818. The second-order valence-electron chi connectivity index (χ2n) is 6.36. The van der Waals surface area contributed by atoms with Crippen LogP contribution >= 0.6 is 28.1 Å². The number of nitro groups is 1. The highest BCUT2D eigenvalue weighted by molar-refractivity contribution is 9.10. The molecule has 3 rings (SSSR count). The third kappa shape index (κ3) is 6.76. The van der Waals surface area contributed by atoms with E-state index in [9.17, 15) is 14.9 Å². The number of halogens is 1. The lowest BCUT2D eigenvalue weighted by molar-refractivity contribution is -0.384. The first-order chi connectivity index (χ1) is 15.4. The Hall–Kier alpha value is -3.50. The Kier molecular flexibility index (Phi) is 8.12. The van der Waals surface area contributed by atoms with E-state index in [1.807, 2.05) is 30.3 Å². The molecule has 10 heteroatoms. The number of nitrogens with one attached hydrogen (secondary N) is 2. The van der Waals surface area contributed by atoms with Crippen molar-refractivity contribution in [2.24, 2.45) is 0 Å². The standard InChI is InChI=1S/C22H18BrN3O5S/c23-19-14-16(26(28)29)8-11-20(19)24-22(32)25-21(27)15-6-9-18(10-7-15)31-13-12-30-17-4-2-1-3-5-17/h1-11,14H,12-13H2,(H2,24,25,27,32). The van der Waals surface area contributed by atoms with Gasteiger partial charge in [-0.1, -0.05) is 18.2 Å². The largest absolute Gasteiger partial charge is 0.490 e. The molecular formula is C22H18BrN3O5S. The number of carbonyl (C=O) groups excluding carboxylic acids is 1. The molecule has 0 atom stereocenters. The average molecular weight is 516 g/mol. The first-order valence-electron chi connectivity index (χ1n) is 9.39. The van der Waals surface area contributed by atoms with Crippen LogP contribution in [0.5, 0.6) is 11.5 Å². The van der Waals surface area contributed by atoms with Crippen molar-refractivity contribution in [2.45, 2.75) is 0 Å². The number of amides is 1. The molecule has 8 nitrogen and oxygen atoms in total. The summed E-state index contributed by atoms with van der Waals surface area (Å²) < 4.78 is 11.6. The van der Waals surface area contributed by atoms with Crippen LogP contribution in [0.3, 0.4) is 0 Å². The first kappa shape index (κ1) is 23.2. The van der Waals surface area contributed by atoms with Crippen molar-refractivity contribution in [3.8, 4) is 11.5 Å². The third-order valence-corrected chi connectivity index (χ3v) is 4.98. The van der Waals surface area contributed by atoms with E-state index in [-0.39, 0.29) is 10.8 Å². The number of non-ortho nitro benzene ring substituents is 1. The molecule has 3 aromatic carbocycles. The van der Waals surface area contributed by atoms with Crippen molar-refractivity contribution >= 4 is 50.5 Å². The van der Waals surface area contributed by atoms with Crippen molar-refractivity contribution in [2.75, 3.05) is 18.5 Å². The molecule has 164 valence electrons. The van der Waals surface area contributed by atoms with Gasteiger partial charge in [0.1, 0.15) is 24.7 Å². The average Bonchev–Trinajstić information content (AvgIpc) is 2.79. The van der Waals surface area contributed by atoms with E-state index < -0.39 is 10.8 Å². The number of para-hydroxylation sites is 1. The molecular weight excluding hydrogens is 498 g/mol. The minimum Gasteiger partial charge on any atom is -0.490 e. The van der Waals surface area contributed by atoms with E-state index >= 15 is 0 Å². The highest BCUT2D eigenvalue weighted by Crippen LogP contribution is 2.27. The fourth-order valence-electron chi connectivity index (χ4n) is 2.59. The molecule has 0 unspecified atom stereocenters. The second-order valence-corrected chi connectivity index (χ2v) is 7.63. The summed E-state index contributed by atoms with van der Waals surface area (Å²) in [6, 6.07) is 20.2. The number of hydrogen-bond donors (Lipinski definition) is 2. The molecule has 32 heavy (non-hydrogen) atoms. The van der Waals surface area contributed by atoms with Gasteiger partial charge in [-0.2, -0.15) is 0 Å². The monoisotopic (exact) mass is 515 g/mol. The second kappa shape index (κ2) is 11.2. The molecule has 3 aromatic rings. The van der Waals surface area contributed by atoms with Gasteiger partial charge in [0.15, 0.2) is 5.11 Å². The Balaban J connectivity index is 1.46. The van der Waals surface area contributed by atoms with E-state index in [4.69, 9.17) is 21.7 Å². The van der Waals surface area contributed by atoms with Gasteiger partial charge in [0, 0.05) is 22.2 Å². The van der Waals surface area contributed by atoms with Crippen LogP contribution in [-0.4, -0.2) is 29.2 Å². The quantitative estimate of drug-likeness (QED) is 0.189. The highest BCUT2D eigenvalue weighted by atomic mass is 79.9. The molecule has 0 spiro atoms. The van der Waals surface area contributed by atoms with Crippen molar-refractivity contribution in [1.82, 2.24) is 5.32 Å². The summed E-state index contributed by atoms with van der Waals surface area (Å²) in [5.74, 6) is 0.974. The Labute approximate surface area is 197 Å². The van der Waals surface area contributed by atoms with Crippen LogP contribution < -0.4 is 20.1 Å². The summed E-state index contributed by atoms with van der Waals surface area (Å²) in [7, 11) is 0. The summed E-state index contributed by atoms with van der Waals surface area (Å²) in [6.45, 7) is 0.753. The summed E-state index contributed by atoms with van der Waals surface area (Å²) in [6.07, 6.45) is 0. The maximum absolute atomic E-state index is 12.4. The topological polar surface area (TPSA) is 103 Å². The zero-order valence-electron chi connectivity index (χ0n) is 16.6. The number of thiocarbonyl (C=S) groups is 1. The van der Waals surface area contributed by atoms with Crippen LogP contribution in [0.25, 0.3) is 0 Å². The minimum absolute atomic E-state index is 0.0583. The molecule has 1 amide bonds. The van der Waals surface area contributed by atoms with Crippen LogP contribution in [0.2, 0.25) is 0 Å². The van der Waals surface area contributed by atoms with Gasteiger partial charge in [0.05, 0.1) is 10.6 Å². The van der Waals surface area contributed by atoms with Crippen LogP contribution in [0.1, 0.15) is 10.4 Å². The molecule has 0 fully saturated rings. The molecule has 0 saturated heterocycles. The number of rotatable bonds is 8. The summed E-state index contributed by atoms with van der Waals surface area (Å²) in [5, 5.41) is 16.3. The summed E-state index contributed by atoms with van der Waals surface area (Å²) in [4.78, 5) is 22.7. The lowest BCUT2D eigenvalue weighted by Gasteiger charge is -2.11. The molecule has 0 aliphatic carbocycles. The fourth-order valence-corrected chi connectivity index (χ4v) is 3.25. The van der Waals surface area contributed by atoms with Gasteiger partial charge in [-0.25, -0.2) is 0 Å². The molecule has 0 bridgehead atoms. The Morgan fingerprint density at radius 2 is 1.59 bits per heavy atom. The zero-order valence-corrected chi connectivity index (χ0v) is 19.0. The van der Waals surface area contributed by atoms with Crippen LogP contribution in [0.4, 0.5) is 11.4 Å².